The van der Waals surface area contributed by atoms with Crippen LogP contribution in [0, 0.1) is 5.92 Å². The fourth-order valence-corrected chi connectivity index (χ4v) is 2.71. The molecule has 0 radical (unpaired) electrons. The first kappa shape index (κ1) is 20.3. The maximum atomic E-state index is 12.0. The first-order valence-electron chi connectivity index (χ1n) is 9.28. The fraction of sp³-hybridized carbons (Fsp3) is 0.571. The second-order valence-corrected chi connectivity index (χ2v) is 7.22. The minimum atomic E-state index is -0.152. The number of benzene rings is 1. The number of ether oxygens (including phenoxy) is 3. The van der Waals surface area contributed by atoms with Gasteiger partial charge in [-0.2, -0.15) is 0 Å². The molecule has 0 saturated heterocycles. The second-order valence-electron chi connectivity index (χ2n) is 7.22. The van der Waals surface area contributed by atoms with Crippen LogP contribution in [0.4, 0.5) is 0 Å². The highest BCUT2D eigenvalue weighted by Gasteiger charge is 2.18. The Morgan fingerprint density at radius 2 is 1.92 bits per heavy atom. The molecule has 0 aliphatic carbocycles. The summed E-state index contributed by atoms with van der Waals surface area (Å²) in [4.78, 5) is 14.2. The Kier molecular flexibility index (Phi) is 7.09. The van der Waals surface area contributed by atoms with Gasteiger partial charge in [0.25, 0.3) is 0 Å². The lowest BCUT2D eigenvalue weighted by Gasteiger charge is -2.26. The van der Waals surface area contributed by atoms with E-state index in [4.69, 9.17) is 14.2 Å². The van der Waals surface area contributed by atoms with E-state index in [-0.39, 0.29) is 11.9 Å². The number of rotatable bonds is 8. The Balaban J connectivity index is 1.92. The van der Waals surface area contributed by atoms with Crippen molar-refractivity contribution in [1.29, 1.82) is 0 Å². The summed E-state index contributed by atoms with van der Waals surface area (Å²) in [7, 11) is 2.09. The first-order chi connectivity index (χ1) is 12.3. The van der Waals surface area contributed by atoms with Gasteiger partial charge in [-0.25, -0.2) is 0 Å². The van der Waals surface area contributed by atoms with Crippen LogP contribution in [-0.4, -0.2) is 37.3 Å². The Morgan fingerprint density at radius 3 is 2.62 bits per heavy atom. The van der Waals surface area contributed by atoms with Crippen molar-refractivity contribution in [3.8, 4) is 11.5 Å². The van der Waals surface area contributed by atoms with Crippen LogP contribution in [-0.2, 0) is 16.0 Å². The molecular formula is C21H31NO4. The number of fused-ring (bicyclic) bond motifs is 1. The van der Waals surface area contributed by atoms with Crippen molar-refractivity contribution in [2.45, 2.75) is 53.5 Å². The van der Waals surface area contributed by atoms with Crippen molar-refractivity contribution in [1.82, 2.24) is 4.90 Å². The molecule has 144 valence electrons. The van der Waals surface area contributed by atoms with Crippen molar-refractivity contribution >= 4 is 5.97 Å². The fourth-order valence-electron chi connectivity index (χ4n) is 2.71. The molecule has 0 N–H and O–H groups in total. The molecule has 2 atom stereocenters. The number of carbonyl (C=O) groups excluding carboxylic acids is 1. The van der Waals surface area contributed by atoms with Crippen molar-refractivity contribution < 1.29 is 19.0 Å². The molecule has 0 aromatic heterocycles. The highest BCUT2D eigenvalue weighted by molar-refractivity contribution is 5.73. The zero-order chi connectivity index (χ0) is 19.3. The second kappa shape index (κ2) is 9.08. The van der Waals surface area contributed by atoms with E-state index >= 15 is 0 Å². The molecule has 5 nitrogen and oxygen atoms in total. The minimum Gasteiger partial charge on any atom is -0.454 e. The summed E-state index contributed by atoms with van der Waals surface area (Å²) < 4.78 is 16.3. The highest BCUT2D eigenvalue weighted by Crippen LogP contribution is 2.33. The molecule has 26 heavy (non-hydrogen) atoms. The molecule has 1 aliphatic rings. The quantitative estimate of drug-likeness (QED) is 0.514. The Bertz CT molecular complexity index is 668. The standard InChI is InChI=1S/C21H31NO4/c1-7-14(2)21(23)26-17(5)15(3)12-22(6)16(4)10-18-8-9-19-20(11-18)25-13-24-19/h8-9,11,14,16H,7,10,12-13H2,1-6H3/b17-15+. The maximum Gasteiger partial charge on any atom is 0.313 e. The maximum absolute atomic E-state index is 12.0. The lowest BCUT2D eigenvalue weighted by molar-refractivity contribution is -0.143. The topological polar surface area (TPSA) is 48.0 Å². The highest BCUT2D eigenvalue weighted by atomic mass is 16.7. The summed E-state index contributed by atoms with van der Waals surface area (Å²) in [6.45, 7) is 11.0. The van der Waals surface area contributed by atoms with Crippen LogP contribution in [0.25, 0.3) is 0 Å². The van der Waals surface area contributed by atoms with Crippen LogP contribution in [0.5, 0.6) is 11.5 Å². The van der Waals surface area contributed by atoms with Gasteiger partial charge in [-0.1, -0.05) is 19.9 Å². The van der Waals surface area contributed by atoms with E-state index in [0.717, 1.165) is 36.5 Å². The van der Waals surface area contributed by atoms with E-state index in [1.54, 1.807) is 0 Å². The first-order valence-corrected chi connectivity index (χ1v) is 9.28. The SMILES string of the molecule is CCC(C)C(=O)O/C(C)=C(\C)CN(C)C(C)Cc1ccc2c(c1)OCO2. The average Bonchev–Trinajstić information content (AvgIpc) is 3.08. The van der Waals surface area contributed by atoms with Gasteiger partial charge in [-0.3, -0.25) is 9.69 Å². The molecule has 1 heterocycles. The predicted octanol–water partition coefficient (Wildman–Crippen LogP) is 4.16. The van der Waals surface area contributed by atoms with Crippen molar-refractivity contribution in [3.05, 3.63) is 35.1 Å². The van der Waals surface area contributed by atoms with Crippen LogP contribution in [0.2, 0.25) is 0 Å². The molecule has 2 unspecified atom stereocenters. The molecule has 1 aliphatic heterocycles. The molecule has 5 heteroatoms. The third-order valence-electron chi connectivity index (χ3n) is 5.08. The number of hydrogen-bond acceptors (Lipinski definition) is 5. The third kappa shape index (κ3) is 5.24. The smallest absolute Gasteiger partial charge is 0.313 e. The Hall–Kier alpha value is -2.01. The van der Waals surface area contributed by atoms with Gasteiger partial charge in [0.1, 0.15) is 5.76 Å². The number of likely N-dealkylation sites (N-methyl/N-ethyl adjacent to an activating group) is 1. The molecule has 0 fully saturated rings. The summed E-state index contributed by atoms with van der Waals surface area (Å²) in [6, 6.07) is 6.44. The molecular weight excluding hydrogens is 330 g/mol. The monoisotopic (exact) mass is 361 g/mol. The summed E-state index contributed by atoms with van der Waals surface area (Å²) in [5, 5.41) is 0. The van der Waals surface area contributed by atoms with Crippen molar-refractivity contribution in [3.63, 3.8) is 0 Å². The number of allylic oxidation sites excluding steroid dienone is 1. The van der Waals surface area contributed by atoms with Gasteiger partial charge in [0, 0.05) is 12.6 Å². The summed E-state index contributed by atoms with van der Waals surface area (Å²) >= 11 is 0. The molecule has 0 saturated carbocycles. The lowest BCUT2D eigenvalue weighted by Crippen LogP contribution is -2.32. The molecule has 0 spiro atoms. The third-order valence-corrected chi connectivity index (χ3v) is 5.08. The molecule has 1 aromatic rings. The largest absolute Gasteiger partial charge is 0.454 e. The van der Waals surface area contributed by atoms with Gasteiger partial charge in [0.05, 0.1) is 5.92 Å². The van der Waals surface area contributed by atoms with E-state index in [0.29, 0.717) is 18.6 Å². The van der Waals surface area contributed by atoms with Gasteiger partial charge in [0.2, 0.25) is 6.79 Å². The molecule has 2 rings (SSSR count). The zero-order valence-corrected chi connectivity index (χ0v) is 16.8. The van der Waals surface area contributed by atoms with Crippen LogP contribution in [0.3, 0.4) is 0 Å². The van der Waals surface area contributed by atoms with E-state index in [9.17, 15) is 4.79 Å². The van der Waals surface area contributed by atoms with Crippen LogP contribution < -0.4 is 9.47 Å². The van der Waals surface area contributed by atoms with Crippen molar-refractivity contribution in [2.24, 2.45) is 5.92 Å². The molecule has 0 bridgehead atoms. The van der Waals surface area contributed by atoms with Gasteiger partial charge in [0.15, 0.2) is 11.5 Å². The van der Waals surface area contributed by atoms with Gasteiger partial charge < -0.3 is 14.2 Å². The number of hydrogen-bond donors (Lipinski definition) is 0. The molecule has 1 aromatic carbocycles. The van der Waals surface area contributed by atoms with Crippen molar-refractivity contribution in [2.75, 3.05) is 20.4 Å². The van der Waals surface area contributed by atoms with E-state index in [1.807, 2.05) is 33.8 Å². The van der Waals surface area contributed by atoms with Crippen LogP contribution in [0.15, 0.2) is 29.5 Å². The normalized spacial score (nSPS) is 16.3. The molecule has 0 amide bonds. The van der Waals surface area contributed by atoms with E-state index in [2.05, 4.69) is 31.0 Å². The Labute approximate surface area is 156 Å². The van der Waals surface area contributed by atoms with E-state index in [1.165, 1.54) is 5.56 Å². The lowest BCUT2D eigenvalue weighted by atomic mass is 10.0. The summed E-state index contributed by atoms with van der Waals surface area (Å²) in [5.74, 6) is 2.12. The number of carbonyl (C=O) groups is 1. The van der Waals surface area contributed by atoms with Gasteiger partial charge in [-0.05, 0) is 63.9 Å². The number of esters is 1. The van der Waals surface area contributed by atoms with Crippen LogP contribution >= 0.6 is 0 Å². The minimum absolute atomic E-state index is 0.0691. The summed E-state index contributed by atoms with van der Waals surface area (Å²) in [5.41, 5.74) is 2.29. The van der Waals surface area contributed by atoms with Gasteiger partial charge in [-0.15, -0.1) is 0 Å². The number of nitrogens with zero attached hydrogens (tertiary/aromatic N) is 1. The van der Waals surface area contributed by atoms with Crippen LogP contribution in [0.1, 0.15) is 46.6 Å². The summed E-state index contributed by atoms with van der Waals surface area (Å²) in [6.07, 6.45) is 1.70. The average molecular weight is 361 g/mol. The Morgan fingerprint density at radius 1 is 1.23 bits per heavy atom. The predicted molar refractivity (Wildman–Crippen MR) is 102 cm³/mol. The zero-order valence-electron chi connectivity index (χ0n) is 16.8. The van der Waals surface area contributed by atoms with E-state index < -0.39 is 0 Å². The van der Waals surface area contributed by atoms with Gasteiger partial charge >= 0.3 is 5.97 Å².